The number of nitrogens with zero attached hydrogens (tertiary/aromatic N) is 1. The molecule has 1 aliphatic rings. The first-order valence-corrected chi connectivity index (χ1v) is 12.8. The number of aliphatic hydroxyl groups is 1. The highest BCUT2D eigenvalue weighted by Crippen LogP contribution is 2.49. The van der Waals surface area contributed by atoms with Crippen molar-refractivity contribution in [2.24, 2.45) is 0 Å². The molecule has 37 heavy (non-hydrogen) atoms. The van der Waals surface area contributed by atoms with Crippen LogP contribution in [-0.4, -0.2) is 22.8 Å². The highest BCUT2D eigenvalue weighted by atomic mass is 16.5. The molecule has 0 radical (unpaired) electrons. The van der Waals surface area contributed by atoms with Gasteiger partial charge in [-0.2, -0.15) is 0 Å². The van der Waals surface area contributed by atoms with Crippen molar-refractivity contribution in [3.8, 4) is 22.5 Å². The number of ether oxygens (including phenoxy) is 1. The molecule has 3 aromatic carbocycles. The number of rotatable bonds is 9. The van der Waals surface area contributed by atoms with E-state index in [1.54, 1.807) is 0 Å². The van der Waals surface area contributed by atoms with Crippen molar-refractivity contribution in [1.82, 2.24) is 5.16 Å². The Hall–Kier alpha value is -3.96. The lowest BCUT2D eigenvalue weighted by Gasteiger charge is -2.15. The Kier molecular flexibility index (Phi) is 7.06. The molecule has 5 nitrogen and oxygen atoms in total. The minimum Gasteiger partial charge on any atom is -0.465 e. The van der Waals surface area contributed by atoms with Gasteiger partial charge in [0.25, 0.3) is 0 Å². The van der Waals surface area contributed by atoms with E-state index in [2.05, 4.69) is 17.3 Å². The van der Waals surface area contributed by atoms with Crippen molar-refractivity contribution in [2.75, 3.05) is 6.61 Å². The Balaban J connectivity index is 1.31. The third-order valence-corrected chi connectivity index (χ3v) is 7.04. The largest absolute Gasteiger partial charge is 0.465 e. The van der Waals surface area contributed by atoms with E-state index in [9.17, 15) is 9.90 Å². The van der Waals surface area contributed by atoms with Crippen LogP contribution in [0.15, 0.2) is 89.5 Å². The molecule has 1 saturated carbocycles. The van der Waals surface area contributed by atoms with Crippen LogP contribution >= 0.6 is 0 Å². The lowest BCUT2D eigenvalue weighted by molar-refractivity contribution is -0.146. The van der Waals surface area contributed by atoms with Crippen LogP contribution in [0.4, 0.5) is 0 Å². The number of benzene rings is 3. The normalized spacial score (nSPS) is 15.0. The van der Waals surface area contributed by atoms with E-state index in [4.69, 9.17) is 9.26 Å². The van der Waals surface area contributed by atoms with Crippen molar-refractivity contribution in [2.45, 2.75) is 44.6 Å². The van der Waals surface area contributed by atoms with Crippen molar-refractivity contribution < 1.29 is 19.2 Å². The fraction of sp³-hybridized carbons (Fsp3) is 0.250. The Labute approximate surface area is 217 Å². The van der Waals surface area contributed by atoms with Gasteiger partial charge in [-0.05, 0) is 55.4 Å². The first kappa shape index (κ1) is 24.7. The Bertz CT molecular complexity index is 1380. The summed E-state index contributed by atoms with van der Waals surface area (Å²) in [7, 11) is 0. The van der Waals surface area contributed by atoms with Crippen LogP contribution < -0.4 is 0 Å². The molecule has 1 unspecified atom stereocenters. The summed E-state index contributed by atoms with van der Waals surface area (Å²) in [5.41, 5.74) is 6.03. The van der Waals surface area contributed by atoms with Gasteiger partial charge in [-0.25, -0.2) is 0 Å². The van der Waals surface area contributed by atoms with E-state index in [1.165, 1.54) is 0 Å². The number of esters is 1. The predicted octanol–water partition coefficient (Wildman–Crippen LogP) is 7.05. The number of hydrogen-bond donors (Lipinski definition) is 1. The maximum absolute atomic E-state index is 12.4. The topological polar surface area (TPSA) is 72.6 Å². The highest BCUT2D eigenvalue weighted by molar-refractivity contribution is 5.87. The Morgan fingerprint density at radius 3 is 2.24 bits per heavy atom. The molecule has 188 valence electrons. The third-order valence-electron chi connectivity index (χ3n) is 7.04. The lowest BCUT2D eigenvalue weighted by Crippen LogP contribution is -2.23. The minimum atomic E-state index is -0.720. The van der Waals surface area contributed by atoms with Crippen molar-refractivity contribution in [3.05, 3.63) is 107 Å². The Morgan fingerprint density at radius 2 is 1.62 bits per heavy atom. The lowest BCUT2D eigenvalue weighted by atomic mass is 9.93. The molecule has 1 atom stereocenters. The molecule has 0 saturated heterocycles. The van der Waals surface area contributed by atoms with Crippen LogP contribution in [0.3, 0.4) is 0 Å². The van der Waals surface area contributed by atoms with Crippen LogP contribution in [0.2, 0.25) is 0 Å². The van der Waals surface area contributed by atoms with Gasteiger partial charge in [-0.1, -0.05) is 96.2 Å². The molecule has 1 aliphatic carbocycles. The van der Waals surface area contributed by atoms with Crippen molar-refractivity contribution >= 4 is 12.0 Å². The summed E-state index contributed by atoms with van der Waals surface area (Å²) >= 11 is 0. The highest BCUT2D eigenvalue weighted by Gasteiger charge is 2.52. The third kappa shape index (κ3) is 5.13. The maximum atomic E-state index is 12.4. The summed E-state index contributed by atoms with van der Waals surface area (Å²) in [5, 5.41) is 15.1. The summed E-state index contributed by atoms with van der Waals surface area (Å²) in [6.45, 7) is 4.10. The molecule has 1 fully saturated rings. The van der Waals surface area contributed by atoms with E-state index >= 15 is 0 Å². The molecule has 0 bridgehead atoms. The molecule has 0 amide bonds. The number of aryl methyl sites for hydroxylation is 1. The van der Waals surface area contributed by atoms with Gasteiger partial charge in [0.2, 0.25) is 0 Å². The number of aliphatic hydroxyl groups excluding tert-OH is 1. The van der Waals surface area contributed by atoms with E-state index in [0.29, 0.717) is 30.0 Å². The molecule has 0 spiro atoms. The fourth-order valence-corrected chi connectivity index (χ4v) is 4.79. The fourth-order valence-electron chi connectivity index (χ4n) is 4.79. The molecule has 0 aliphatic heterocycles. The summed E-state index contributed by atoms with van der Waals surface area (Å²) in [5.74, 6) is 0.466. The van der Waals surface area contributed by atoms with Gasteiger partial charge >= 0.3 is 5.97 Å². The SMILES string of the molecule is CCOC(=O)C1(c2ccc(-c3ccc(-c4onc(C)c4C(O)CC=Cc4ccccc4)cc3)cc2)CC1. The van der Waals surface area contributed by atoms with Gasteiger partial charge in [-0.15, -0.1) is 0 Å². The molecule has 1 heterocycles. The number of hydrogen-bond acceptors (Lipinski definition) is 5. The van der Waals surface area contributed by atoms with Crippen LogP contribution in [-0.2, 0) is 14.9 Å². The monoisotopic (exact) mass is 493 g/mol. The van der Waals surface area contributed by atoms with E-state index in [0.717, 1.165) is 40.7 Å². The van der Waals surface area contributed by atoms with Crippen molar-refractivity contribution in [3.63, 3.8) is 0 Å². The molecule has 5 heteroatoms. The van der Waals surface area contributed by atoms with Gasteiger partial charge in [0.15, 0.2) is 5.76 Å². The van der Waals surface area contributed by atoms with Crippen LogP contribution in [0.5, 0.6) is 0 Å². The van der Waals surface area contributed by atoms with Gasteiger partial charge in [0.05, 0.1) is 29.4 Å². The molecular formula is C32H31NO4. The van der Waals surface area contributed by atoms with E-state index in [1.807, 2.05) is 92.7 Å². The summed E-state index contributed by atoms with van der Waals surface area (Å²) < 4.78 is 10.9. The first-order chi connectivity index (χ1) is 18.0. The van der Waals surface area contributed by atoms with Crippen LogP contribution in [0, 0.1) is 6.92 Å². The summed E-state index contributed by atoms with van der Waals surface area (Å²) in [6, 6.07) is 26.2. The number of aromatic nitrogens is 1. The van der Waals surface area contributed by atoms with Gasteiger partial charge < -0.3 is 14.4 Å². The molecule has 5 rings (SSSR count). The number of carbonyl (C=O) groups is 1. The van der Waals surface area contributed by atoms with Crippen LogP contribution in [0.25, 0.3) is 28.5 Å². The zero-order valence-corrected chi connectivity index (χ0v) is 21.2. The second-order valence-corrected chi connectivity index (χ2v) is 9.53. The number of carbonyl (C=O) groups excluding carboxylic acids is 1. The standard InChI is InChI=1S/C32H31NO4/c1-3-36-31(35)32(20-21-32)27-18-16-25(17-19-27)24-12-14-26(15-13-24)30-29(22(2)33-37-30)28(34)11-7-10-23-8-5-4-6-9-23/h4-10,12-19,28,34H,3,11,20-21H2,1-2H3. The Morgan fingerprint density at radius 1 is 1.00 bits per heavy atom. The van der Waals surface area contributed by atoms with Gasteiger partial charge in [-0.3, -0.25) is 4.79 Å². The molecule has 1 N–H and O–H groups in total. The molecule has 1 aromatic heterocycles. The van der Waals surface area contributed by atoms with E-state index in [-0.39, 0.29) is 5.97 Å². The maximum Gasteiger partial charge on any atom is 0.316 e. The zero-order valence-electron chi connectivity index (χ0n) is 21.2. The minimum absolute atomic E-state index is 0.122. The summed E-state index contributed by atoms with van der Waals surface area (Å²) in [6.07, 6.45) is 5.39. The van der Waals surface area contributed by atoms with Crippen molar-refractivity contribution in [1.29, 1.82) is 0 Å². The summed E-state index contributed by atoms with van der Waals surface area (Å²) in [4.78, 5) is 12.4. The van der Waals surface area contributed by atoms with Gasteiger partial charge in [0, 0.05) is 5.56 Å². The average Bonchev–Trinajstić information content (AvgIpc) is 3.66. The van der Waals surface area contributed by atoms with Crippen LogP contribution in [0.1, 0.15) is 54.7 Å². The average molecular weight is 494 g/mol. The van der Waals surface area contributed by atoms with E-state index < -0.39 is 11.5 Å². The smallest absolute Gasteiger partial charge is 0.316 e. The quantitative estimate of drug-likeness (QED) is 0.253. The second-order valence-electron chi connectivity index (χ2n) is 9.53. The molecule has 4 aromatic rings. The second kappa shape index (κ2) is 10.6. The zero-order chi connectivity index (χ0) is 25.8. The predicted molar refractivity (Wildman–Crippen MR) is 145 cm³/mol. The molecular weight excluding hydrogens is 462 g/mol. The first-order valence-electron chi connectivity index (χ1n) is 12.8. The van der Waals surface area contributed by atoms with Gasteiger partial charge in [0.1, 0.15) is 0 Å².